The van der Waals surface area contributed by atoms with Crippen molar-refractivity contribution in [3.8, 4) is 0 Å². The molecule has 4 N–H and O–H groups in total. The van der Waals surface area contributed by atoms with Crippen LogP contribution in [0, 0.1) is 6.92 Å². The number of rotatable bonds is 7. The molecule has 0 unspecified atom stereocenters. The number of aromatic amines is 1. The fourth-order valence-corrected chi connectivity index (χ4v) is 3.21. The summed E-state index contributed by atoms with van der Waals surface area (Å²) in [6, 6.07) is 6.24. The number of hydrogen-bond acceptors (Lipinski definition) is 3. The zero-order valence-corrected chi connectivity index (χ0v) is 15.7. The van der Waals surface area contributed by atoms with E-state index < -0.39 is 17.9 Å². The number of H-pyrrole nitrogens is 1. The molecule has 0 saturated carbocycles. The standard InChI is InChI=1S/C19H22ClN3O3/c1-4-14-17(11(3)24)10(2)22-18(14)19(26)23-15(9-16(21)25)12-5-7-13(20)8-6-12/h5-8,15,22H,4,9H2,1-3H3,(H2,21,25)(H,23,26)/t15-/m0/s1. The molecule has 2 amide bonds. The lowest BCUT2D eigenvalue weighted by atomic mass is 10.0. The predicted octanol–water partition coefficient (Wildman–Crippen LogP) is 3.09. The zero-order chi connectivity index (χ0) is 19.4. The molecule has 6 nitrogen and oxygen atoms in total. The average Bonchev–Trinajstić information content (AvgIpc) is 2.91. The Morgan fingerprint density at radius 3 is 2.35 bits per heavy atom. The van der Waals surface area contributed by atoms with E-state index in [4.69, 9.17) is 17.3 Å². The van der Waals surface area contributed by atoms with Crippen molar-refractivity contribution in [2.24, 2.45) is 5.73 Å². The number of benzene rings is 1. The minimum absolute atomic E-state index is 0.0475. The second-order valence-corrected chi connectivity index (χ2v) is 6.57. The third-order valence-electron chi connectivity index (χ3n) is 4.21. The maximum absolute atomic E-state index is 12.8. The number of Topliss-reactive ketones (excluding diaryl/α,β-unsaturated/α-hetero) is 1. The molecule has 0 fully saturated rings. The third kappa shape index (κ3) is 4.32. The normalized spacial score (nSPS) is 11.8. The minimum Gasteiger partial charge on any atom is -0.370 e. The Bertz CT molecular complexity index is 840. The van der Waals surface area contributed by atoms with E-state index in [1.807, 2.05) is 6.92 Å². The molecule has 0 saturated heterocycles. The molecule has 1 heterocycles. The Labute approximate surface area is 157 Å². The summed E-state index contributed by atoms with van der Waals surface area (Å²) in [7, 11) is 0. The summed E-state index contributed by atoms with van der Waals surface area (Å²) < 4.78 is 0. The molecule has 2 rings (SSSR count). The summed E-state index contributed by atoms with van der Waals surface area (Å²) in [6.45, 7) is 5.11. The Balaban J connectivity index is 2.35. The second kappa shape index (κ2) is 8.19. The molecule has 0 aliphatic carbocycles. The van der Waals surface area contributed by atoms with Crippen LogP contribution in [-0.4, -0.2) is 22.6 Å². The summed E-state index contributed by atoms with van der Waals surface area (Å²) >= 11 is 5.90. The van der Waals surface area contributed by atoms with E-state index >= 15 is 0 Å². The van der Waals surface area contributed by atoms with Crippen molar-refractivity contribution >= 4 is 29.2 Å². The summed E-state index contributed by atoms with van der Waals surface area (Å²) in [5, 5.41) is 3.38. The van der Waals surface area contributed by atoms with Crippen LogP contribution < -0.4 is 11.1 Å². The molecule has 0 aliphatic heterocycles. The number of aromatic nitrogens is 1. The Morgan fingerprint density at radius 1 is 1.23 bits per heavy atom. The highest BCUT2D eigenvalue weighted by atomic mass is 35.5. The second-order valence-electron chi connectivity index (χ2n) is 6.14. The first-order valence-electron chi connectivity index (χ1n) is 8.31. The minimum atomic E-state index is -0.591. The van der Waals surface area contributed by atoms with E-state index in [1.165, 1.54) is 6.92 Å². The molecule has 0 aliphatic rings. The molecule has 0 spiro atoms. The SMILES string of the molecule is CCc1c(C(=O)N[C@@H](CC(N)=O)c2ccc(Cl)cc2)[nH]c(C)c1C(C)=O. The topological polar surface area (TPSA) is 105 Å². The molecule has 0 bridgehead atoms. The number of hydrogen-bond donors (Lipinski definition) is 3. The van der Waals surface area contributed by atoms with Crippen LogP contribution in [0.2, 0.25) is 5.02 Å². The zero-order valence-electron chi connectivity index (χ0n) is 15.0. The average molecular weight is 376 g/mol. The van der Waals surface area contributed by atoms with Crippen molar-refractivity contribution in [1.29, 1.82) is 0 Å². The largest absolute Gasteiger partial charge is 0.370 e. The molecule has 1 atom stereocenters. The summed E-state index contributed by atoms with van der Waals surface area (Å²) in [6.07, 6.45) is 0.484. The Kier molecular flexibility index (Phi) is 6.21. The van der Waals surface area contributed by atoms with Gasteiger partial charge in [-0.05, 0) is 43.5 Å². The number of carbonyl (C=O) groups is 3. The van der Waals surface area contributed by atoms with Crippen LogP contribution in [0.15, 0.2) is 24.3 Å². The monoisotopic (exact) mass is 375 g/mol. The number of amides is 2. The summed E-state index contributed by atoms with van der Waals surface area (Å²) in [5.41, 5.74) is 8.24. The lowest BCUT2D eigenvalue weighted by Crippen LogP contribution is -2.32. The fourth-order valence-electron chi connectivity index (χ4n) is 3.08. The number of primary amides is 1. The summed E-state index contributed by atoms with van der Waals surface area (Å²) in [5.74, 6) is -1.02. The van der Waals surface area contributed by atoms with Gasteiger partial charge in [-0.25, -0.2) is 0 Å². The molecule has 138 valence electrons. The highest BCUT2D eigenvalue weighted by molar-refractivity contribution is 6.30. The van der Waals surface area contributed by atoms with Gasteiger partial charge in [-0.1, -0.05) is 30.7 Å². The van der Waals surface area contributed by atoms with Crippen molar-refractivity contribution in [3.05, 3.63) is 57.4 Å². The van der Waals surface area contributed by atoms with E-state index in [0.717, 1.165) is 5.56 Å². The first-order valence-corrected chi connectivity index (χ1v) is 8.69. The van der Waals surface area contributed by atoms with Gasteiger partial charge in [0.25, 0.3) is 5.91 Å². The van der Waals surface area contributed by atoms with E-state index in [9.17, 15) is 14.4 Å². The molecular formula is C19H22ClN3O3. The quantitative estimate of drug-likeness (QED) is 0.647. The van der Waals surface area contributed by atoms with E-state index in [0.29, 0.717) is 34.0 Å². The van der Waals surface area contributed by atoms with Crippen molar-refractivity contribution in [2.75, 3.05) is 0 Å². The van der Waals surface area contributed by atoms with Gasteiger partial charge in [0.2, 0.25) is 5.91 Å². The summed E-state index contributed by atoms with van der Waals surface area (Å²) in [4.78, 5) is 39.1. The van der Waals surface area contributed by atoms with Gasteiger partial charge in [0.05, 0.1) is 12.5 Å². The lowest BCUT2D eigenvalue weighted by Gasteiger charge is -2.18. The van der Waals surface area contributed by atoms with Gasteiger partial charge in [-0.2, -0.15) is 0 Å². The number of nitrogens with one attached hydrogen (secondary N) is 2. The first kappa shape index (κ1) is 19.7. The number of nitrogens with two attached hydrogens (primary N) is 1. The van der Waals surface area contributed by atoms with Crippen molar-refractivity contribution in [2.45, 2.75) is 39.7 Å². The molecular weight excluding hydrogens is 354 g/mol. The first-order chi connectivity index (χ1) is 12.2. The van der Waals surface area contributed by atoms with Crippen LogP contribution >= 0.6 is 11.6 Å². The predicted molar refractivity (Wildman–Crippen MR) is 100 cm³/mol. The van der Waals surface area contributed by atoms with Crippen molar-refractivity contribution in [1.82, 2.24) is 10.3 Å². The van der Waals surface area contributed by atoms with Crippen LogP contribution in [0.5, 0.6) is 0 Å². The maximum atomic E-state index is 12.8. The molecule has 26 heavy (non-hydrogen) atoms. The van der Waals surface area contributed by atoms with Gasteiger partial charge in [-0.3, -0.25) is 14.4 Å². The molecule has 0 radical (unpaired) electrons. The maximum Gasteiger partial charge on any atom is 0.268 e. The van der Waals surface area contributed by atoms with Crippen molar-refractivity contribution in [3.63, 3.8) is 0 Å². The number of aryl methyl sites for hydroxylation is 1. The number of ketones is 1. The van der Waals surface area contributed by atoms with Gasteiger partial charge < -0.3 is 16.0 Å². The van der Waals surface area contributed by atoms with Crippen LogP contribution in [0.1, 0.15) is 64.0 Å². The fraction of sp³-hybridized carbons (Fsp3) is 0.316. The van der Waals surface area contributed by atoms with Gasteiger partial charge in [0, 0.05) is 16.3 Å². The third-order valence-corrected chi connectivity index (χ3v) is 4.46. The van der Waals surface area contributed by atoms with E-state index in [1.54, 1.807) is 31.2 Å². The van der Waals surface area contributed by atoms with Crippen LogP contribution in [0.25, 0.3) is 0 Å². The van der Waals surface area contributed by atoms with Crippen LogP contribution in [0.3, 0.4) is 0 Å². The number of halogens is 1. The highest BCUT2D eigenvalue weighted by Gasteiger charge is 2.24. The lowest BCUT2D eigenvalue weighted by molar-refractivity contribution is -0.118. The van der Waals surface area contributed by atoms with Crippen LogP contribution in [-0.2, 0) is 11.2 Å². The smallest absolute Gasteiger partial charge is 0.268 e. The van der Waals surface area contributed by atoms with Crippen LogP contribution in [0.4, 0.5) is 0 Å². The molecule has 1 aromatic heterocycles. The molecule has 7 heteroatoms. The van der Waals surface area contributed by atoms with Gasteiger partial charge in [-0.15, -0.1) is 0 Å². The van der Waals surface area contributed by atoms with Gasteiger partial charge in [0.15, 0.2) is 5.78 Å². The van der Waals surface area contributed by atoms with Crippen molar-refractivity contribution < 1.29 is 14.4 Å². The van der Waals surface area contributed by atoms with E-state index in [-0.39, 0.29) is 12.2 Å². The molecule has 1 aromatic carbocycles. The van der Waals surface area contributed by atoms with Gasteiger partial charge in [0.1, 0.15) is 5.69 Å². The van der Waals surface area contributed by atoms with E-state index in [2.05, 4.69) is 10.3 Å². The number of carbonyl (C=O) groups excluding carboxylic acids is 3. The Hall–Kier alpha value is -2.60. The Morgan fingerprint density at radius 2 is 1.85 bits per heavy atom. The highest BCUT2D eigenvalue weighted by Crippen LogP contribution is 2.23. The van der Waals surface area contributed by atoms with Gasteiger partial charge >= 0.3 is 0 Å². The molecule has 2 aromatic rings.